The number of nitrogens with zero attached hydrogens (tertiary/aromatic N) is 3. The highest BCUT2D eigenvalue weighted by Gasteiger charge is 2.39. The Kier molecular flexibility index (Phi) is 4.74. The van der Waals surface area contributed by atoms with Crippen molar-refractivity contribution in [1.29, 1.82) is 0 Å². The van der Waals surface area contributed by atoms with Gasteiger partial charge in [-0.25, -0.2) is 4.90 Å². The van der Waals surface area contributed by atoms with E-state index in [1.54, 1.807) is 12.1 Å². The molecule has 2 aromatic carbocycles. The van der Waals surface area contributed by atoms with Crippen LogP contribution in [0.3, 0.4) is 0 Å². The number of carbonyl (C=O) groups excluding carboxylic acids is 4. The smallest absolute Gasteiger partial charge is 0.313 e. The summed E-state index contributed by atoms with van der Waals surface area (Å²) in [6.45, 7) is -0.495. The topological polar surface area (TPSA) is 127 Å². The molecule has 2 aromatic rings. The number of anilines is 1. The first-order chi connectivity index (χ1) is 14.4. The van der Waals surface area contributed by atoms with Gasteiger partial charge in [-0.15, -0.1) is 0 Å². The largest absolute Gasteiger partial charge is 0.443 e. The molecule has 0 aromatic heterocycles. The molecular formula is C20H15N3O7. The highest BCUT2D eigenvalue weighted by atomic mass is 16.6. The molecule has 10 nitrogen and oxygen atoms in total. The van der Waals surface area contributed by atoms with Crippen LogP contribution in [0.25, 0.3) is 0 Å². The normalized spacial score (nSPS) is 18.0. The Balaban J connectivity index is 1.38. The first kappa shape index (κ1) is 19.2. The highest BCUT2D eigenvalue weighted by Crippen LogP contribution is 2.28. The van der Waals surface area contributed by atoms with Gasteiger partial charge in [0.15, 0.2) is 6.73 Å². The molecule has 2 aliphatic heterocycles. The maximum absolute atomic E-state index is 12.4. The Morgan fingerprint density at radius 1 is 1.03 bits per heavy atom. The van der Waals surface area contributed by atoms with Crippen molar-refractivity contribution in [2.24, 2.45) is 5.92 Å². The monoisotopic (exact) mass is 409 g/mol. The van der Waals surface area contributed by atoms with Gasteiger partial charge in [0.2, 0.25) is 5.91 Å². The van der Waals surface area contributed by atoms with Crippen LogP contribution < -0.4 is 4.90 Å². The number of hydrogen-bond donors (Lipinski definition) is 0. The number of nitro groups is 1. The fraction of sp³-hybridized carbons (Fsp3) is 0.200. The van der Waals surface area contributed by atoms with Crippen LogP contribution in [0.1, 0.15) is 27.1 Å². The Labute approximate surface area is 169 Å². The summed E-state index contributed by atoms with van der Waals surface area (Å²) in [7, 11) is 0. The fourth-order valence-corrected chi connectivity index (χ4v) is 3.47. The van der Waals surface area contributed by atoms with Crippen LogP contribution >= 0.6 is 0 Å². The van der Waals surface area contributed by atoms with Crippen molar-refractivity contribution in [2.45, 2.75) is 6.42 Å². The number of benzene rings is 2. The highest BCUT2D eigenvalue weighted by molar-refractivity contribution is 6.21. The van der Waals surface area contributed by atoms with Crippen LogP contribution in [0, 0.1) is 16.0 Å². The number of nitro benzene ring substituents is 1. The Morgan fingerprint density at radius 2 is 1.63 bits per heavy atom. The molecule has 0 unspecified atom stereocenters. The van der Waals surface area contributed by atoms with Gasteiger partial charge in [-0.3, -0.25) is 29.3 Å². The lowest BCUT2D eigenvalue weighted by Crippen LogP contribution is -2.35. The molecule has 10 heteroatoms. The molecule has 2 heterocycles. The number of ether oxygens (including phenoxy) is 1. The molecule has 0 saturated carbocycles. The van der Waals surface area contributed by atoms with E-state index in [-0.39, 0.29) is 35.7 Å². The molecule has 1 atom stereocenters. The average molecular weight is 409 g/mol. The number of rotatable bonds is 5. The molecule has 0 aliphatic carbocycles. The van der Waals surface area contributed by atoms with E-state index in [1.165, 1.54) is 41.3 Å². The van der Waals surface area contributed by atoms with E-state index in [4.69, 9.17) is 4.74 Å². The summed E-state index contributed by atoms with van der Waals surface area (Å²) >= 11 is 0. The second-order valence-electron chi connectivity index (χ2n) is 6.86. The summed E-state index contributed by atoms with van der Waals surface area (Å²) < 4.78 is 5.14. The third kappa shape index (κ3) is 3.28. The molecule has 1 fully saturated rings. The number of imide groups is 1. The van der Waals surface area contributed by atoms with Gasteiger partial charge in [-0.1, -0.05) is 12.1 Å². The molecule has 30 heavy (non-hydrogen) atoms. The summed E-state index contributed by atoms with van der Waals surface area (Å²) in [6.07, 6.45) is -0.0993. The lowest BCUT2D eigenvalue weighted by molar-refractivity contribution is -0.384. The molecule has 4 rings (SSSR count). The lowest BCUT2D eigenvalue weighted by atomic mass is 10.1. The third-order valence-corrected chi connectivity index (χ3v) is 5.04. The first-order valence-corrected chi connectivity index (χ1v) is 9.03. The van der Waals surface area contributed by atoms with Gasteiger partial charge in [-0.2, -0.15) is 0 Å². The van der Waals surface area contributed by atoms with Gasteiger partial charge in [0.05, 0.1) is 22.0 Å². The van der Waals surface area contributed by atoms with E-state index in [0.29, 0.717) is 5.69 Å². The summed E-state index contributed by atoms with van der Waals surface area (Å²) in [5, 5.41) is 10.8. The predicted octanol–water partition coefficient (Wildman–Crippen LogP) is 1.74. The van der Waals surface area contributed by atoms with Crippen LogP contribution in [-0.4, -0.2) is 46.8 Å². The molecule has 152 valence electrons. The zero-order chi connectivity index (χ0) is 21.4. The zero-order valence-corrected chi connectivity index (χ0v) is 15.5. The van der Waals surface area contributed by atoms with Crippen molar-refractivity contribution in [2.75, 3.05) is 18.2 Å². The number of non-ortho nitro benzene ring substituents is 1. The Bertz CT molecular complexity index is 1050. The van der Waals surface area contributed by atoms with Crippen molar-refractivity contribution in [1.82, 2.24) is 4.90 Å². The number of carbonyl (C=O) groups is 4. The van der Waals surface area contributed by atoms with Crippen molar-refractivity contribution >= 4 is 35.1 Å². The number of esters is 1. The second-order valence-corrected chi connectivity index (χ2v) is 6.86. The Hall–Kier alpha value is -4.08. The van der Waals surface area contributed by atoms with Gasteiger partial charge >= 0.3 is 5.97 Å². The van der Waals surface area contributed by atoms with Crippen molar-refractivity contribution < 1.29 is 28.8 Å². The summed E-state index contributed by atoms with van der Waals surface area (Å²) in [6, 6.07) is 11.7. The molecule has 0 radical (unpaired) electrons. The summed E-state index contributed by atoms with van der Waals surface area (Å²) in [5.41, 5.74) is 0.821. The van der Waals surface area contributed by atoms with E-state index in [2.05, 4.69) is 0 Å². The summed E-state index contributed by atoms with van der Waals surface area (Å²) in [4.78, 5) is 61.7. The quantitative estimate of drug-likeness (QED) is 0.318. The van der Waals surface area contributed by atoms with Crippen LogP contribution in [0.4, 0.5) is 11.4 Å². The van der Waals surface area contributed by atoms with Crippen LogP contribution in [-0.2, 0) is 14.3 Å². The average Bonchev–Trinajstić information content (AvgIpc) is 3.25. The zero-order valence-electron chi connectivity index (χ0n) is 15.5. The molecule has 3 amide bonds. The first-order valence-electron chi connectivity index (χ1n) is 9.03. The van der Waals surface area contributed by atoms with E-state index in [9.17, 15) is 29.3 Å². The van der Waals surface area contributed by atoms with Gasteiger partial charge < -0.3 is 9.64 Å². The maximum atomic E-state index is 12.4. The van der Waals surface area contributed by atoms with Crippen molar-refractivity contribution in [3.8, 4) is 0 Å². The SMILES string of the molecule is O=C(OCN1C(=O)c2ccccc2C1=O)[C@@H]1CC(=O)N(c2ccc([N+](=O)[O-])cc2)C1. The van der Waals surface area contributed by atoms with Gasteiger partial charge in [0.25, 0.3) is 17.5 Å². The second kappa shape index (κ2) is 7.39. The van der Waals surface area contributed by atoms with Gasteiger partial charge in [-0.05, 0) is 24.3 Å². The minimum atomic E-state index is -0.775. The number of fused-ring (bicyclic) bond motifs is 1. The van der Waals surface area contributed by atoms with E-state index in [0.717, 1.165) is 4.90 Å². The third-order valence-electron chi connectivity index (χ3n) is 5.04. The van der Waals surface area contributed by atoms with Crippen molar-refractivity contribution in [3.05, 3.63) is 69.8 Å². The molecule has 1 saturated heterocycles. The molecule has 0 bridgehead atoms. The standard InChI is InChI=1S/C20H15N3O7/c24-17-9-12(10-21(17)13-5-7-14(8-6-13)23(28)29)20(27)30-11-22-18(25)15-3-1-2-4-16(15)19(22)26/h1-8,12H,9-11H2/t12-/m1/s1. The molecule has 2 aliphatic rings. The maximum Gasteiger partial charge on any atom is 0.313 e. The van der Waals surface area contributed by atoms with E-state index >= 15 is 0 Å². The minimum absolute atomic E-state index is 0.0393. The minimum Gasteiger partial charge on any atom is -0.443 e. The summed E-state index contributed by atoms with van der Waals surface area (Å²) in [5.74, 6) is -2.89. The predicted molar refractivity (Wildman–Crippen MR) is 101 cm³/mol. The molecular weight excluding hydrogens is 394 g/mol. The van der Waals surface area contributed by atoms with Crippen LogP contribution in [0.2, 0.25) is 0 Å². The molecule has 0 N–H and O–H groups in total. The van der Waals surface area contributed by atoms with Crippen molar-refractivity contribution in [3.63, 3.8) is 0 Å². The van der Waals surface area contributed by atoms with Gasteiger partial charge in [0, 0.05) is 30.8 Å². The molecule has 0 spiro atoms. The number of amides is 3. The fourth-order valence-electron chi connectivity index (χ4n) is 3.47. The van der Waals surface area contributed by atoms with E-state index in [1.807, 2.05) is 0 Å². The van der Waals surface area contributed by atoms with Gasteiger partial charge in [0.1, 0.15) is 0 Å². The van der Waals surface area contributed by atoms with E-state index < -0.39 is 35.4 Å². The lowest BCUT2D eigenvalue weighted by Gasteiger charge is -2.17. The van der Waals surface area contributed by atoms with Crippen LogP contribution in [0.15, 0.2) is 48.5 Å². The van der Waals surface area contributed by atoms with Crippen LogP contribution in [0.5, 0.6) is 0 Å². The number of hydrogen-bond acceptors (Lipinski definition) is 7. The Morgan fingerprint density at radius 3 is 2.20 bits per heavy atom.